The zero-order valence-electron chi connectivity index (χ0n) is 6.93. The molecule has 0 aliphatic heterocycles. The van der Waals surface area contributed by atoms with Gasteiger partial charge in [0.2, 0.25) is 11.9 Å². The third-order valence-electron chi connectivity index (χ3n) is 1.30. The number of nitrogens with one attached hydrogen (secondary N) is 1. The van der Waals surface area contributed by atoms with Gasteiger partial charge in [-0.3, -0.25) is 10.1 Å². The van der Waals surface area contributed by atoms with Crippen molar-refractivity contribution in [2.45, 2.75) is 6.92 Å². The van der Waals surface area contributed by atoms with Gasteiger partial charge in [0.1, 0.15) is 5.92 Å². The van der Waals surface area contributed by atoms with Crippen molar-refractivity contribution in [1.29, 1.82) is 5.26 Å². The average Bonchev–Trinajstić information content (AvgIpc) is 2.18. The Kier molecular flexibility index (Phi) is 2.87. The largest absolute Gasteiger partial charge is 0.292 e. The lowest BCUT2D eigenvalue weighted by molar-refractivity contribution is -0.118. The Hall–Kier alpha value is -2.03. The van der Waals surface area contributed by atoms with Crippen LogP contribution in [0.1, 0.15) is 6.92 Å². The Bertz CT molecular complexity index is 330. The fourth-order valence-corrected chi connectivity index (χ4v) is 0.582. The molecule has 0 saturated carbocycles. The van der Waals surface area contributed by atoms with Crippen molar-refractivity contribution in [1.82, 2.24) is 15.2 Å². The summed E-state index contributed by atoms with van der Waals surface area (Å²) in [4.78, 5) is 14.8. The summed E-state index contributed by atoms with van der Waals surface area (Å²) in [6.07, 6.45) is 2.79. The molecule has 1 amide bonds. The SMILES string of the molecule is CC(C#N)C(=O)Nc1nccnn1. The molecule has 0 radical (unpaired) electrons. The van der Waals surface area contributed by atoms with E-state index in [9.17, 15) is 4.79 Å². The third kappa shape index (κ3) is 2.48. The summed E-state index contributed by atoms with van der Waals surface area (Å²) in [7, 11) is 0. The van der Waals surface area contributed by atoms with Gasteiger partial charge in [0.15, 0.2) is 0 Å². The van der Waals surface area contributed by atoms with Crippen LogP contribution in [0.25, 0.3) is 0 Å². The first-order valence-electron chi connectivity index (χ1n) is 3.58. The van der Waals surface area contributed by atoms with Crippen molar-refractivity contribution in [2.24, 2.45) is 5.92 Å². The second kappa shape index (κ2) is 4.11. The summed E-state index contributed by atoms with van der Waals surface area (Å²) in [5.74, 6) is -1.05. The monoisotopic (exact) mass is 177 g/mol. The van der Waals surface area contributed by atoms with Crippen molar-refractivity contribution in [3.8, 4) is 6.07 Å². The van der Waals surface area contributed by atoms with E-state index < -0.39 is 11.8 Å². The summed E-state index contributed by atoms with van der Waals surface area (Å²) >= 11 is 0. The number of anilines is 1. The van der Waals surface area contributed by atoms with Crippen LogP contribution in [0.4, 0.5) is 5.95 Å². The molecule has 6 nitrogen and oxygen atoms in total. The molecule has 0 aliphatic rings. The molecule has 0 fully saturated rings. The van der Waals surface area contributed by atoms with Gasteiger partial charge in [0.05, 0.1) is 18.5 Å². The van der Waals surface area contributed by atoms with Crippen LogP contribution in [0.2, 0.25) is 0 Å². The number of carbonyl (C=O) groups is 1. The Morgan fingerprint density at radius 1 is 1.69 bits per heavy atom. The van der Waals surface area contributed by atoms with E-state index in [0.29, 0.717) is 0 Å². The summed E-state index contributed by atoms with van der Waals surface area (Å²) < 4.78 is 0. The van der Waals surface area contributed by atoms with Crippen molar-refractivity contribution in [2.75, 3.05) is 5.32 Å². The van der Waals surface area contributed by atoms with E-state index >= 15 is 0 Å². The third-order valence-corrected chi connectivity index (χ3v) is 1.30. The number of carbonyl (C=O) groups excluding carboxylic acids is 1. The predicted molar refractivity (Wildman–Crippen MR) is 43.2 cm³/mol. The molecule has 1 aromatic rings. The standard InChI is InChI=1S/C7H7N5O/c1-5(4-8)6(13)11-7-9-2-3-10-12-7/h2-3,5H,1H3,(H,9,11,12,13). The molecule has 1 atom stereocenters. The molecule has 1 aromatic heterocycles. The lowest BCUT2D eigenvalue weighted by Crippen LogP contribution is -2.20. The fourth-order valence-electron chi connectivity index (χ4n) is 0.582. The van der Waals surface area contributed by atoms with Crippen molar-refractivity contribution in [3.05, 3.63) is 12.4 Å². The second-order valence-corrected chi connectivity index (χ2v) is 2.31. The zero-order chi connectivity index (χ0) is 9.68. The lowest BCUT2D eigenvalue weighted by atomic mass is 10.2. The number of hydrogen-bond acceptors (Lipinski definition) is 5. The maximum Gasteiger partial charge on any atom is 0.249 e. The van der Waals surface area contributed by atoms with Crippen LogP contribution >= 0.6 is 0 Å². The van der Waals surface area contributed by atoms with E-state index in [4.69, 9.17) is 5.26 Å². The quantitative estimate of drug-likeness (QED) is 0.684. The summed E-state index contributed by atoms with van der Waals surface area (Å²) in [5, 5.41) is 17.8. The van der Waals surface area contributed by atoms with E-state index in [1.165, 1.54) is 19.3 Å². The van der Waals surface area contributed by atoms with Crippen LogP contribution in [0.5, 0.6) is 0 Å². The Morgan fingerprint density at radius 3 is 3.00 bits per heavy atom. The topological polar surface area (TPSA) is 91.6 Å². The summed E-state index contributed by atoms with van der Waals surface area (Å²) in [5.41, 5.74) is 0. The van der Waals surface area contributed by atoms with Gasteiger partial charge < -0.3 is 0 Å². The molecule has 0 aliphatic carbocycles. The minimum absolute atomic E-state index is 0.106. The average molecular weight is 177 g/mol. The van der Waals surface area contributed by atoms with Crippen molar-refractivity contribution >= 4 is 11.9 Å². The molecule has 1 rings (SSSR count). The first kappa shape index (κ1) is 9.06. The molecule has 6 heteroatoms. The lowest BCUT2D eigenvalue weighted by Gasteiger charge is -2.01. The predicted octanol–water partition coefficient (Wildman–Crippen LogP) is -0.0302. The number of nitrogens with zero attached hydrogens (tertiary/aromatic N) is 4. The van der Waals surface area contributed by atoms with Gasteiger partial charge >= 0.3 is 0 Å². The Labute approximate surface area is 74.6 Å². The van der Waals surface area contributed by atoms with E-state index in [-0.39, 0.29) is 5.95 Å². The smallest absolute Gasteiger partial charge is 0.249 e. The highest BCUT2D eigenvalue weighted by molar-refractivity contribution is 5.92. The first-order valence-corrected chi connectivity index (χ1v) is 3.58. The molecule has 66 valence electrons. The van der Waals surface area contributed by atoms with Crippen LogP contribution in [0, 0.1) is 17.2 Å². The number of aromatic nitrogens is 3. The first-order chi connectivity index (χ1) is 6.24. The molecular formula is C7H7N5O. The Balaban J connectivity index is 2.62. The van der Waals surface area contributed by atoms with Crippen LogP contribution in [-0.2, 0) is 4.79 Å². The van der Waals surface area contributed by atoms with E-state index in [0.717, 1.165) is 0 Å². The zero-order valence-corrected chi connectivity index (χ0v) is 6.93. The number of nitriles is 1. The maximum absolute atomic E-state index is 11.1. The van der Waals surface area contributed by atoms with Gasteiger partial charge in [-0.2, -0.15) is 10.4 Å². The molecule has 1 unspecified atom stereocenters. The molecule has 0 spiro atoms. The highest BCUT2D eigenvalue weighted by Gasteiger charge is 2.12. The molecular weight excluding hydrogens is 170 g/mol. The summed E-state index contributed by atoms with van der Waals surface area (Å²) in [6, 6.07) is 1.80. The van der Waals surface area contributed by atoms with Crippen LogP contribution < -0.4 is 5.32 Å². The van der Waals surface area contributed by atoms with Gasteiger partial charge in [-0.25, -0.2) is 4.98 Å². The van der Waals surface area contributed by atoms with Crippen LogP contribution in [0.3, 0.4) is 0 Å². The van der Waals surface area contributed by atoms with E-state index in [2.05, 4.69) is 20.5 Å². The van der Waals surface area contributed by atoms with E-state index in [1.807, 2.05) is 0 Å². The van der Waals surface area contributed by atoms with Crippen LogP contribution in [-0.4, -0.2) is 21.1 Å². The van der Waals surface area contributed by atoms with Gasteiger partial charge in [-0.15, -0.1) is 5.10 Å². The highest BCUT2D eigenvalue weighted by Crippen LogP contribution is 1.98. The molecule has 0 aromatic carbocycles. The van der Waals surface area contributed by atoms with Crippen LogP contribution in [0.15, 0.2) is 12.4 Å². The summed E-state index contributed by atoms with van der Waals surface area (Å²) in [6.45, 7) is 1.49. The van der Waals surface area contributed by atoms with Crippen molar-refractivity contribution in [3.63, 3.8) is 0 Å². The van der Waals surface area contributed by atoms with Gasteiger partial charge in [0.25, 0.3) is 0 Å². The second-order valence-electron chi connectivity index (χ2n) is 2.31. The molecule has 1 heterocycles. The minimum Gasteiger partial charge on any atom is -0.292 e. The number of amides is 1. The normalized spacial score (nSPS) is 11.4. The number of rotatable bonds is 2. The van der Waals surface area contributed by atoms with Crippen molar-refractivity contribution < 1.29 is 4.79 Å². The van der Waals surface area contributed by atoms with Gasteiger partial charge in [0, 0.05) is 0 Å². The fraction of sp³-hybridized carbons (Fsp3) is 0.286. The maximum atomic E-state index is 11.1. The minimum atomic E-state index is -0.719. The Morgan fingerprint density at radius 2 is 2.46 bits per heavy atom. The van der Waals surface area contributed by atoms with E-state index in [1.54, 1.807) is 6.07 Å². The molecule has 13 heavy (non-hydrogen) atoms. The molecule has 0 saturated heterocycles. The highest BCUT2D eigenvalue weighted by atomic mass is 16.2. The number of hydrogen-bond donors (Lipinski definition) is 1. The molecule has 0 bridgehead atoms. The van der Waals surface area contributed by atoms with Gasteiger partial charge in [-0.05, 0) is 6.92 Å². The van der Waals surface area contributed by atoms with Gasteiger partial charge in [-0.1, -0.05) is 0 Å². The molecule has 1 N–H and O–H groups in total.